The van der Waals surface area contributed by atoms with Gasteiger partial charge >= 0.3 is 0 Å². The van der Waals surface area contributed by atoms with Crippen LogP contribution >= 0.6 is 27.5 Å². The van der Waals surface area contributed by atoms with Crippen LogP contribution < -0.4 is 5.32 Å². The average Bonchev–Trinajstić information content (AvgIpc) is 2.22. The lowest BCUT2D eigenvalue weighted by Gasteiger charge is -2.04. The van der Waals surface area contributed by atoms with Gasteiger partial charge in [-0.25, -0.2) is 0 Å². The Labute approximate surface area is 102 Å². The average molecular weight is 289 g/mol. The molecule has 0 atom stereocenters. The van der Waals surface area contributed by atoms with Crippen LogP contribution in [0.4, 0.5) is 0 Å². The Hall–Kier alpha value is -0.800. The molecule has 0 radical (unpaired) electrons. The van der Waals surface area contributed by atoms with Crippen molar-refractivity contribution in [1.82, 2.24) is 5.32 Å². The van der Waals surface area contributed by atoms with Crippen LogP contribution in [0.5, 0.6) is 0 Å². The van der Waals surface area contributed by atoms with Crippen molar-refractivity contribution in [3.05, 3.63) is 45.9 Å². The highest BCUT2D eigenvalue weighted by Crippen LogP contribution is 2.23. The Balaban J connectivity index is 2.65. The second-order valence-corrected chi connectivity index (χ2v) is 4.22. The molecular formula is C11H11BrClNO. The quantitative estimate of drug-likeness (QED) is 0.667. The second-order valence-electron chi connectivity index (χ2n) is 2.96. The van der Waals surface area contributed by atoms with Crippen LogP contribution in [0.3, 0.4) is 0 Å². The molecule has 0 bridgehead atoms. The van der Waals surface area contributed by atoms with Gasteiger partial charge in [0.1, 0.15) is 0 Å². The third-order valence-electron chi connectivity index (χ3n) is 1.82. The van der Waals surface area contributed by atoms with E-state index in [1.807, 2.05) is 0 Å². The molecule has 0 aromatic heterocycles. The van der Waals surface area contributed by atoms with E-state index in [1.54, 1.807) is 24.3 Å². The van der Waals surface area contributed by atoms with E-state index in [9.17, 15) is 4.79 Å². The molecule has 1 N–H and O–H groups in total. The van der Waals surface area contributed by atoms with Gasteiger partial charge in [-0.2, -0.15) is 0 Å². The lowest BCUT2D eigenvalue weighted by Crippen LogP contribution is -2.23. The summed E-state index contributed by atoms with van der Waals surface area (Å²) in [5, 5.41) is 3.37. The van der Waals surface area contributed by atoms with E-state index in [0.717, 1.165) is 10.9 Å². The molecule has 0 aliphatic rings. The fraction of sp³-hybridized carbons (Fsp3) is 0.182. The van der Waals surface area contributed by atoms with Gasteiger partial charge in [-0.3, -0.25) is 4.79 Å². The normalized spacial score (nSPS) is 9.73. The summed E-state index contributed by atoms with van der Waals surface area (Å²) < 4.78 is 0.723. The van der Waals surface area contributed by atoms with Gasteiger partial charge in [0.25, 0.3) is 5.91 Å². The van der Waals surface area contributed by atoms with Crippen LogP contribution in [0.1, 0.15) is 16.8 Å². The molecule has 0 fully saturated rings. The zero-order valence-electron chi connectivity index (χ0n) is 8.09. The fourth-order valence-electron chi connectivity index (χ4n) is 1.03. The van der Waals surface area contributed by atoms with Crippen LogP contribution in [0, 0.1) is 0 Å². The Morgan fingerprint density at radius 2 is 2.33 bits per heavy atom. The molecule has 0 spiro atoms. The Kier molecular flexibility index (Phi) is 4.85. The first-order chi connectivity index (χ1) is 7.15. The van der Waals surface area contributed by atoms with E-state index >= 15 is 0 Å². The summed E-state index contributed by atoms with van der Waals surface area (Å²) >= 11 is 9.09. The van der Waals surface area contributed by atoms with Gasteiger partial charge < -0.3 is 5.32 Å². The SMILES string of the molecule is C=CCCNC(=O)c1ccc(Cl)c(Br)c1. The molecular weight excluding hydrogens is 277 g/mol. The van der Waals surface area contributed by atoms with E-state index in [0.29, 0.717) is 17.1 Å². The Morgan fingerprint density at radius 1 is 1.60 bits per heavy atom. The lowest BCUT2D eigenvalue weighted by atomic mass is 10.2. The van der Waals surface area contributed by atoms with Crippen molar-refractivity contribution >= 4 is 33.4 Å². The topological polar surface area (TPSA) is 29.1 Å². The van der Waals surface area contributed by atoms with Crippen LogP contribution in [0.25, 0.3) is 0 Å². The summed E-state index contributed by atoms with van der Waals surface area (Å²) in [6, 6.07) is 5.08. The number of halogens is 2. The largest absolute Gasteiger partial charge is 0.352 e. The monoisotopic (exact) mass is 287 g/mol. The molecule has 15 heavy (non-hydrogen) atoms. The highest BCUT2D eigenvalue weighted by Gasteiger charge is 2.06. The number of carbonyl (C=O) groups is 1. The minimum absolute atomic E-state index is 0.103. The predicted octanol–water partition coefficient (Wildman–Crippen LogP) is 3.41. The Morgan fingerprint density at radius 3 is 2.93 bits per heavy atom. The zero-order valence-corrected chi connectivity index (χ0v) is 10.4. The molecule has 0 unspecified atom stereocenters. The Bertz CT molecular complexity index is 379. The van der Waals surface area contributed by atoms with Crippen molar-refractivity contribution in [3.8, 4) is 0 Å². The number of amides is 1. The highest BCUT2D eigenvalue weighted by atomic mass is 79.9. The van der Waals surface area contributed by atoms with E-state index in [2.05, 4.69) is 27.8 Å². The number of carbonyl (C=O) groups excluding carboxylic acids is 1. The van der Waals surface area contributed by atoms with Gasteiger partial charge in [0.2, 0.25) is 0 Å². The van der Waals surface area contributed by atoms with Gasteiger partial charge in [-0.15, -0.1) is 6.58 Å². The summed E-state index contributed by atoms with van der Waals surface area (Å²) in [6.07, 6.45) is 2.53. The lowest BCUT2D eigenvalue weighted by molar-refractivity contribution is 0.0954. The van der Waals surface area contributed by atoms with Crippen molar-refractivity contribution in [2.24, 2.45) is 0 Å². The first-order valence-electron chi connectivity index (χ1n) is 4.49. The summed E-state index contributed by atoms with van der Waals surface area (Å²) in [5.74, 6) is -0.103. The summed E-state index contributed by atoms with van der Waals surface area (Å²) in [4.78, 5) is 11.6. The molecule has 0 saturated carbocycles. The smallest absolute Gasteiger partial charge is 0.251 e. The van der Waals surface area contributed by atoms with Crippen molar-refractivity contribution < 1.29 is 4.79 Å². The van der Waals surface area contributed by atoms with Gasteiger partial charge in [-0.1, -0.05) is 17.7 Å². The summed E-state index contributed by atoms with van der Waals surface area (Å²) in [7, 11) is 0. The summed E-state index contributed by atoms with van der Waals surface area (Å²) in [5.41, 5.74) is 0.593. The van der Waals surface area contributed by atoms with Crippen LogP contribution in [0.2, 0.25) is 5.02 Å². The second kappa shape index (κ2) is 5.93. The predicted molar refractivity (Wildman–Crippen MR) is 66.3 cm³/mol. The number of nitrogens with one attached hydrogen (secondary N) is 1. The van der Waals surface area contributed by atoms with Gasteiger partial charge in [0.15, 0.2) is 0 Å². The highest BCUT2D eigenvalue weighted by molar-refractivity contribution is 9.10. The first kappa shape index (κ1) is 12.3. The molecule has 1 rings (SSSR count). The molecule has 2 nitrogen and oxygen atoms in total. The minimum Gasteiger partial charge on any atom is -0.352 e. The van der Waals surface area contributed by atoms with Crippen molar-refractivity contribution in [3.63, 3.8) is 0 Å². The van der Waals surface area contributed by atoms with Gasteiger partial charge in [-0.05, 0) is 40.5 Å². The molecule has 0 aliphatic carbocycles. The zero-order chi connectivity index (χ0) is 11.3. The van der Waals surface area contributed by atoms with E-state index < -0.39 is 0 Å². The summed E-state index contributed by atoms with van der Waals surface area (Å²) in [6.45, 7) is 4.18. The van der Waals surface area contributed by atoms with Crippen molar-refractivity contribution in [1.29, 1.82) is 0 Å². The third kappa shape index (κ3) is 3.68. The molecule has 1 aromatic carbocycles. The number of hydrogen-bond acceptors (Lipinski definition) is 1. The minimum atomic E-state index is -0.103. The van der Waals surface area contributed by atoms with E-state index in [-0.39, 0.29) is 5.91 Å². The molecule has 4 heteroatoms. The molecule has 0 heterocycles. The fourth-order valence-corrected chi connectivity index (χ4v) is 1.52. The molecule has 1 amide bonds. The molecule has 80 valence electrons. The maximum absolute atomic E-state index is 11.6. The van der Waals surface area contributed by atoms with Crippen molar-refractivity contribution in [2.75, 3.05) is 6.54 Å². The third-order valence-corrected chi connectivity index (χ3v) is 3.03. The number of hydrogen-bond donors (Lipinski definition) is 1. The maximum Gasteiger partial charge on any atom is 0.251 e. The van der Waals surface area contributed by atoms with E-state index in [1.165, 1.54) is 0 Å². The van der Waals surface area contributed by atoms with Crippen LogP contribution in [-0.2, 0) is 0 Å². The first-order valence-corrected chi connectivity index (χ1v) is 5.66. The molecule has 1 aromatic rings. The number of benzene rings is 1. The van der Waals surface area contributed by atoms with Gasteiger partial charge in [0, 0.05) is 16.6 Å². The molecule has 0 aliphatic heterocycles. The number of rotatable bonds is 4. The van der Waals surface area contributed by atoms with Gasteiger partial charge in [0.05, 0.1) is 5.02 Å². The standard InChI is InChI=1S/C11H11BrClNO/c1-2-3-6-14-11(15)8-4-5-10(13)9(12)7-8/h2,4-5,7H,1,3,6H2,(H,14,15). The van der Waals surface area contributed by atoms with Crippen LogP contribution in [-0.4, -0.2) is 12.5 Å². The van der Waals surface area contributed by atoms with Crippen LogP contribution in [0.15, 0.2) is 35.3 Å². The van der Waals surface area contributed by atoms with Crippen molar-refractivity contribution in [2.45, 2.75) is 6.42 Å². The molecule has 0 saturated heterocycles. The maximum atomic E-state index is 11.6. The van der Waals surface area contributed by atoms with E-state index in [4.69, 9.17) is 11.6 Å².